The Labute approximate surface area is 120 Å². The Hall–Kier alpha value is -1.71. The number of benzene rings is 2. The lowest BCUT2D eigenvalue weighted by atomic mass is 10.1. The minimum atomic E-state index is -0.304. The Morgan fingerprint density at radius 3 is 2.58 bits per heavy atom. The van der Waals surface area contributed by atoms with Gasteiger partial charge in [-0.25, -0.2) is 0 Å². The first kappa shape index (κ1) is 13.7. The predicted molar refractivity (Wildman–Crippen MR) is 77.3 cm³/mol. The van der Waals surface area contributed by atoms with E-state index in [4.69, 9.17) is 23.2 Å². The Morgan fingerprint density at radius 1 is 1.16 bits per heavy atom. The summed E-state index contributed by atoms with van der Waals surface area (Å²) in [5.74, 6) is -0.184. The second-order valence-corrected chi connectivity index (χ2v) is 4.92. The zero-order valence-electron chi connectivity index (χ0n) is 10.1. The van der Waals surface area contributed by atoms with Crippen LogP contribution in [0.3, 0.4) is 0 Å². The van der Waals surface area contributed by atoms with Crippen molar-refractivity contribution in [2.75, 3.05) is 5.32 Å². The highest BCUT2D eigenvalue weighted by Crippen LogP contribution is 2.26. The molecule has 0 aliphatic carbocycles. The van der Waals surface area contributed by atoms with Crippen molar-refractivity contribution in [2.45, 2.75) is 6.92 Å². The average Bonchev–Trinajstić information content (AvgIpc) is 2.33. The van der Waals surface area contributed by atoms with E-state index in [2.05, 4.69) is 5.32 Å². The molecule has 0 atom stereocenters. The Kier molecular flexibility index (Phi) is 3.98. The van der Waals surface area contributed by atoms with Crippen LogP contribution in [-0.4, -0.2) is 11.0 Å². The molecule has 0 heterocycles. The van der Waals surface area contributed by atoms with Crippen LogP contribution < -0.4 is 5.32 Å². The van der Waals surface area contributed by atoms with Crippen molar-refractivity contribution in [3.05, 3.63) is 57.6 Å². The van der Waals surface area contributed by atoms with E-state index >= 15 is 0 Å². The number of hydrogen-bond donors (Lipinski definition) is 2. The van der Waals surface area contributed by atoms with E-state index in [0.717, 1.165) is 0 Å². The number of rotatable bonds is 2. The number of aryl methyl sites for hydroxylation is 1. The van der Waals surface area contributed by atoms with Gasteiger partial charge in [0.15, 0.2) is 0 Å². The molecule has 0 saturated carbocycles. The summed E-state index contributed by atoms with van der Waals surface area (Å²) < 4.78 is 0. The molecular formula is C14H11Cl2NO2. The van der Waals surface area contributed by atoms with E-state index < -0.39 is 0 Å². The summed E-state index contributed by atoms with van der Waals surface area (Å²) in [4.78, 5) is 12.1. The van der Waals surface area contributed by atoms with E-state index in [9.17, 15) is 9.90 Å². The topological polar surface area (TPSA) is 49.3 Å². The van der Waals surface area contributed by atoms with Crippen LogP contribution in [0.2, 0.25) is 10.0 Å². The molecule has 0 unspecified atom stereocenters. The summed E-state index contributed by atoms with van der Waals surface area (Å²) >= 11 is 11.8. The smallest absolute Gasteiger partial charge is 0.255 e. The second-order valence-electron chi connectivity index (χ2n) is 4.08. The largest absolute Gasteiger partial charge is 0.508 e. The molecule has 0 saturated heterocycles. The first-order chi connectivity index (χ1) is 8.97. The molecule has 2 rings (SSSR count). The number of anilines is 1. The number of phenols is 1. The molecule has 3 nitrogen and oxygen atoms in total. The maximum atomic E-state index is 12.1. The Bertz CT molecular complexity index is 641. The van der Waals surface area contributed by atoms with Crippen molar-refractivity contribution in [2.24, 2.45) is 0 Å². The molecule has 0 bridgehead atoms. The highest BCUT2D eigenvalue weighted by Gasteiger charge is 2.11. The highest BCUT2D eigenvalue weighted by molar-refractivity contribution is 6.35. The average molecular weight is 296 g/mol. The van der Waals surface area contributed by atoms with Gasteiger partial charge in [-0.1, -0.05) is 23.2 Å². The lowest BCUT2D eigenvalue weighted by Gasteiger charge is -2.09. The third kappa shape index (κ3) is 3.19. The lowest BCUT2D eigenvalue weighted by molar-refractivity contribution is 0.102. The van der Waals surface area contributed by atoms with Crippen LogP contribution in [0.1, 0.15) is 15.9 Å². The fourth-order valence-electron chi connectivity index (χ4n) is 1.69. The minimum Gasteiger partial charge on any atom is -0.508 e. The Balaban J connectivity index is 2.28. The second kappa shape index (κ2) is 5.51. The standard InChI is InChI=1S/C14H11Cl2NO2/c1-8-6-10(18)3-4-11(8)14(19)17-13-7-9(15)2-5-12(13)16/h2-7,18H,1H3,(H,17,19). The molecule has 19 heavy (non-hydrogen) atoms. The van der Waals surface area contributed by atoms with Crippen molar-refractivity contribution >= 4 is 34.8 Å². The molecule has 2 aromatic rings. The predicted octanol–water partition coefficient (Wildman–Crippen LogP) is 4.26. The third-order valence-corrected chi connectivity index (χ3v) is 3.20. The summed E-state index contributed by atoms with van der Waals surface area (Å²) in [6, 6.07) is 9.38. The molecule has 1 amide bonds. The number of carbonyl (C=O) groups excluding carboxylic acids is 1. The van der Waals surface area contributed by atoms with Crippen LogP contribution in [0, 0.1) is 6.92 Å². The summed E-state index contributed by atoms with van der Waals surface area (Å²) in [5.41, 5.74) is 1.59. The molecule has 0 radical (unpaired) electrons. The van der Waals surface area contributed by atoms with Crippen LogP contribution in [0.15, 0.2) is 36.4 Å². The van der Waals surface area contributed by atoms with Gasteiger partial charge in [-0.2, -0.15) is 0 Å². The maximum Gasteiger partial charge on any atom is 0.255 e. The van der Waals surface area contributed by atoms with Gasteiger partial charge in [-0.15, -0.1) is 0 Å². The van der Waals surface area contributed by atoms with Crippen LogP contribution in [0.4, 0.5) is 5.69 Å². The fraction of sp³-hybridized carbons (Fsp3) is 0.0714. The van der Waals surface area contributed by atoms with Crippen molar-refractivity contribution in [1.29, 1.82) is 0 Å². The quantitative estimate of drug-likeness (QED) is 0.870. The van der Waals surface area contributed by atoms with Gasteiger partial charge in [0, 0.05) is 10.6 Å². The first-order valence-electron chi connectivity index (χ1n) is 5.53. The van der Waals surface area contributed by atoms with Crippen molar-refractivity contribution in [3.63, 3.8) is 0 Å². The fourth-order valence-corrected chi connectivity index (χ4v) is 2.02. The van der Waals surface area contributed by atoms with Crippen molar-refractivity contribution in [1.82, 2.24) is 0 Å². The number of nitrogens with one attached hydrogen (secondary N) is 1. The van der Waals surface area contributed by atoms with Crippen LogP contribution in [0.25, 0.3) is 0 Å². The SMILES string of the molecule is Cc1cc(O)ccc1C(=O)Nc1cc(Cl)ccc1Cl. The molecule has 98 valence electrons. The van der Waals surface area contributed by atoms with E-state index in [1.54, 1.807) is 31.2 Å². The summed E-state index contributed by atoms with van der Waals surface area (Å²) in [6.07, 6.45) is 0. The van der Waals surface area contributed by atoms with Gasteiger partial charge in [-0.3, -0.25) is 4.79 Å². The number of carbonyl (C=O) groups is 1. The van der Waals surface area contributed by atoms with Gasteiger partial charge in [0.25, 0.3) is 5.91 Å². The Morgan fingerprint density at radius 2 is 1.89 bits per heavy atom. The van der Waals surface area contributed by atoms with Crippen molar-refractivity contribution < 1.29 is 9.90 Å². The summed E-state index contributed by atoms with van der Waals surface area (Å²) in [5, 5.41) is 12.9. The minimum absolute atomic E-state index is 0.120. The first-order valence-corrected chi connectivity index (χ1v) is 6.29. The number of phenolic OH excluding ortho intramolecular Hbond substituents is 1. The van der Waals surface area contributed by atoms with Crippen LogP contribution in [0.5, 0.6) is 5.75 Å². The zero-order valence-corrected chi connectivity index (χ0v) is 11.6. The number of aromatic hydroxyl groups is 1. The van der Waals surface area contributed by atoms with E-state index in [-0.39, 0.29) is 11.7 Å². The van der Waals surface area contributed by atoms with Crippen LogP contribution in [-0.2, 0) is 0 Å². The van der Waals surface area contributed by atoms with Gasteiger partial charge < -0.3 is 10.4 Å². The number of hydrogen-bond acceptors (Lipinski definition) is 2. The zero-order chi connectivity index (χ0) is 14.0. The van der Waals surface area contributed by atoms with Gasteiger partial charge >= 0.3 is 0 Å². The van der Waals surface area contributed by atoms with E-state index in [0.29, 0.717) is 26.9 Å². The third-order valence-electron chi connectivity index (χ3n) is 2.63. The van der Waals surface area contributed by atoms with Gasteiger partial charge in [-0.05, 0) is 48.9 Å². The number of halogens is 2. The monoisotopic (exact) mass is 295 g/mol. The van der Waals surface area contributed by atoms with E-state index in [1.807, 2.05) is 0 Å². The number of amides is 1. The normalized spacial score (nSPS) is 10.3. The molecule has 0 aliphatic heterocycles. The molecule has 2 N–H and O–H groups in total. The van der Waals surface area contributed by atoms with Gasteiger partial charge in [0.1, 0.15) is 5.75 Å². The lowest BCUT2D eigenvalue weighted by Crippen LogP contribution is -2.13. The molecule has 0 fully saturated rings. The molecular weight excluding hydrogens is 285 g/mol. The van der Waals surface area contributed by atoms with E-state index in [1.165, 1.54) is 12.1 Å². The van der Waals surface area contributed by atoms with Crippen molar-refractivity contribution in [3.8, 4) is 5.75 Å². The summed E-state index contributed by atoms with van der Waals surface area (Å²) in [7, 11) is 0. The molecule has 0 aromatic heterocycles. The molecule has 0 spiro atoms. The highest BCUT2D eigenvalue weighted by atomic mass is 35.5. The van der Waals surface area contributed by atoms with Gasteiger partial charge in [0.05, 0.1) is 10.7 Å². The molecule has 2 aromatic carbocycles. The maximum absolute atomic E-state index is 12.1. The molecule has 0 aliphatic rings. The summed E-state index contributed by atoms with van der Waals surface area (Å²) in [6.45, 7) is 1.74. The molecule has 5 heteroatoms. The van der Waals surface area contributed by atoms with Crippen LogP contribution >= 0.6 is 23.2 Å². The van der Waals surface area contributed by atoms with Gasteiger partial charge in [0.2, 0.25) is 0 Å².